The summed E-state index contributed by atoms with van der Waals surface area (Å²) in [7, 11) is 4.69. The summed E-state index contributed by atoms with van der Waals surface area (Å²) < 4.78 is 17.8. The van der Waals surface area contributed by atoms with E-state index in [1.54, 1.807) is 32.2 Å². The zero-order valence-corrected chi connectivity index (χ0v) is 11.9. The lowest BCUT2D eigenvalue weighted by Crippen LogP contribution is -2.03. The minimum Gasteiger partial charge on any atom is -0.493 e. The molecule has 3 rings (SSSR count). The number of ether oxygens (including phenoxy) is 3. The van der Waals surface area contributed by atoms with Crippen LogP contribution in [0.1, 0.15) is 0 Å². The predicted molar refractivity (Wildman–Crippen MR) is 76.3 cm³/mol. The third-order valence-electron chi connectivity index (χ3n) is 3.13. The standard InChI is InChI=1S/C14H14N4O3/c1-19-10-7-9-11(13(21-3)12(10)20-2)15-8-16-14(9)18-6-4-5-17-18/h4-8H,1-3H3. The maximum atomic E-state index is 5.44. The van der Waals surface area contributed by atoms with E-state index in [-0.39, 0.29) is 0 Å². The van der Waals surface area contributed by atoms with E-state index in [1.165, 1.54) is 6.33 Å². The van der Waals surface area contributed by atoms with Crippen molar-refractivity contribution < 1.29 is 14.2 Å². The summed E-state index contributed by atoms with van der Waals surface area (Å²) in [4.78, 5) is 8.59. The van der Waals surface area contributed by atoms with Gasteiger partial charge in [-0.15, -0.1) is 0 Å². The molecule has 1 aromatic carbocycles. The first-order valence-electron chi connectivity index (χ1n) is 6.23. The minimum absolute atomic E-state index is 0.498. The lowest BCUT2D eigenvalue weighted by Gasteiger charge is -2.15. The number of methoxy groups -OCH3 is 3. The van der Waals surface area contributed by atoms with Crippen molar-refractivity contribution in [3.63, 3.8) is 0 Å². The van der Waals surface area contributed by atoms with Gasteiger partial charge in [-0.2, -0.15) is 5.10 Å². The molecule has 0 amide bonds. The molecule has 0 fully saturated rings. The van der Waals surface area contributed by atoms with Crippen LogP contribution < -0.4 is 14.2 Å². The van der Waals surface area contributed by atoms with Crippen LogP contribution in [0.15, 0.2) is 30.9 Å². The Labute approximate surface area is 121 Å². The molecule has 0 aliphatic heterocycles. The van der Waals surface area contributed by atoms with Crippen molar-refractivity contribution in [3.05, 3.63) is 30.9 Å². The molecule has 0 unspecified atom stereocenters. The zero-order valence-electron chi connectivity index (χ0n) is 11.9. The molecular formula is C14H14N4O3. The van der Waals surface area contributed by atoms with Crippen LogP contribution in [0.25, 0.3) is 16.7 Å². The number of aromatic nitrogens is 4. The Bertz CT molecular complexity index is 771. The molecule has 7 heteroatoms. The molecule has 0 saturated heterocycles. The van der Waals surface area contributed by atoms with Crippen molar-refractivity contribution in [2.24, 2.45) is 0 Å². The van der Waals surface area contributed by atoms with E-state index < -0.39 is 0 Å². The molecule has 2 aromatic heterocycles. The molecule has 21 heavy (non-hydrogen) atoms. The number of hydrogen-bond acceptors (Lipinski definition) is 6. The van der Waals surface area contributed by atoms with Gasteiger partial charge in [0.1, 0.15) is 11.8 Å². The minimum atomic E-state index is 0.498. The summed E-state index contributed by atoms with van der Waals surface area (Å²) in [6.07, 6.45) is 4.96. The van der Waals surface area contributed by atoms with Crippen molar-refractivity contribution in [2.75, 3.05) is 21.3 Å². The fourth-order valence-electron chi connectivity index (χ4n) is 2.23. The van der Waals surface area contributed by atoms with Crippen LogP contribution in [-0.2, 0) is 0 Å². The van der Waals surface area contributed by atoms with Crippen LogP contribution in [0.2, 0.25) is 0 Å². The Kier molecular flexibility index (Phi) is 3.31. The molecule has 0 atom stereocenters. The second-order valence-corrected chi connectivity index (χ2v) is 4.19. The van der Waals surface area contributed by atoms with E-state index in [1.807, 2.05) is 18.3 Å². The molecule has 0 bridgehead atoms. The summed E-state index contributed by atoms with van der Waals surface area (Å²) in [5.41, 5.74) is 0.635. The van der Waals surface area contributed by atoms with Crippen molar-refractivity contribution in [2.45, 2.75) is 0 Å². The van der Waals surface area contributed by atoms with Crippen LogP contribution in [-0.4, -0.2) is 41.1 Å². The van der Waals surface area contributed by atoms with Crippen LogP contribution >= 0.6 is 0 Å². The van der Waals surface area contributed by atoms with Gasteiger partial charge >= 0.3 is 0 Å². The monoisotopic (exact) mass is 286 g/mol. The van der Waals surface area contributed by atoms with Gasteiger partial charge in [-0.25, -0.2) is 14.6 Å². The maximum absolute atomic E-state index is 5.44. The summed E-state index contributed by atoms with van der Waals surface area (Å²) in [5, 5.41) is 4.96. The lowest BCUT2D eigenvalue weighted by molar-refractivity contribution is 0.327. The number of hydrogen-bond donors (Lipinski definition) is 0. The van der Waals surface area contributed by atoms with E-state index in [9.17, 15) is 0 Å². The quantitative estimate of drug-likeness (QED) is 0.728. The average molecular weight is 286 g/mol. The Morgan fingerprint density at radius 1 is 1.00 bits per heavy atom. The average Bonchev–Trinajstić information content (AvgIpc) is 3.06. The van der Waals surface area contributed by atoms with Crippen molar-refractivity contribution >= 4 is 10.9 Å². The molecule has 0 N–H and O–H groups in total. The zero-order chi connectivity index (χ0) is 14.8. The van der Waals surface area contributed by atoms with E-state index in [4.69, 9.17) is 14.2 Å². The lowest BCUT2D eigenvalue weighted by atomic mass is 10.2. The summed E-state index contributed by atoms with van der Waals surface area (Å²) in [5.74, 6) is 2.19. The third-order valence-corrected chi connectivity index (χ3v) is 3.13. The van der Waals surface area contributed by atoms with Crippen LogP contribution in [0, 0.1) is 0 Å². The van der Waals surface area contributed by atoms with E-state index in [2.05, 4.69) is 15.1 Å². The molecule has 0 radical (unpaired) electrons. The fourth-order valence-corrected chi connectivity index (χ4v) is 2.23. The second kappa shape index (κ2) is 5.28. The number of nitrogens with zero attached hydrogens (tertiary/aromatic N) is 4. The van der Waals surface area contributed by atoms with Crippen molar-refractivity contribution in [1.82, 2.24) is 19.7 Å². The van der Waals surface area contributed by atoms with Gasteiger partial charge in [0.15, 0.2) is 17.3 Å². The highest BCUT2D eigenvalue weighted by atomic mass is 16.5. The molecule has 3 aromatic rings. The van der Waals surface area contributed by atoms with Gasteiger partial charge in [0, 0.05) is 12.4 Å². The van der Waals surface area contributed by atoms with Crippen molar-refractivity contribution in [1.29, 1.82) is 0 Å². The van der Waals surface area contributed by atoms with E-state index in [0.29, 0.717) is 28.6 Å². The van der Waals surface area contributed by atoms with Gasteiger partial charge in [0.2, 0.25) is 5.75 Å². The highest BCUT2D eigenvalue weighted by Gasteiger charge is 2.19. The first-order chi connectivity index (χ1) is 10.3. The van der Waals surface area contributed by atoms with Gasteiger partial charge < -0.3 is 14.2 Å². The summed E-state index contributed by atoms with van der Waals surface area (Å²) in [6.45, 7) is 0. The molecular weight excluding hydrogens is 272 g/mol. The molecule has 108 valence electrons. The fraction of sp³-hybridized carbons (Fsp3) is 0.214. The van der Waals surface area contributed by atoms with E-state index >= 15 is 0 Å². The smallest absolute Gasteiger partial charge is 0.205 e. The van der Waals surface area contributed by atoms with Crippen LogP contribution in [0.5, 0.6) is 17.2 Å². The maximum Gasteiger partial charge on any atom is 0.205 e. The number of benzene rings is 1. The molecule has 7 nitrogen and oxygen atoms in total. The van der Waals surface area contributed by atoms with Gasteiger partial charge in [-0.3, -0.25) is 0 Å². The summed E-state index contributed by atoms with van der Waals surface area (Å²) >= 11 is 0. The Morgan fingerprint density at radius 3 is 2.43 bits per heavy atom. The van der Waals surface area contributed by atoms with Crippen molar-refractivity contribution in [3.8, 4) is 23.1 Å². The van der Waals surface area contributed by atoms with Crippen LogP contribution in [0.4, 0.5) is 0 Å². The van der Waals surface area contributed by atoms with Gasteiger partial charge in [0.05, 0.1) is 26.7 Å². The second-order valence-electron chi connectivity index (χ2n) is 4.19. The molecule has 0 spiro atoms. The summed E-state index contributed by atoms with van der Waals surface area (Å²) in [6, 6.07) is 3.64. The topological polar surface area (TPSA) is 71.3 Å². The third kappa shape index (κ3) is 2.03. The molecule has 0 saturated carbocycles. The number of rotatable bonds is 4. The predicted octanol–water partition coefficient (Wildman–Crippen LogP) is 1.84. The normalized spacial score (nSPS) is 10.6. The Morgan fingerprint density at radius 2 is 1.81 bits per heavy atom. The van der Waals surface area contributed by atoms with Gasteiger partial charge in [-0.1, -0.05) is 0 Å². The molecule has 2 heterocycles. The first-order valence-corrected chi connectivity index (χ1v) is 6.23. The Hall–Kier alpha value is -2.83. The largest absolute Gasteiger partial charge is 0.493 e. The van der Waals surface area contributed by atoms with E-state index in [0.717, 1.165) is 5.39 Å². The van der Waals surface area contributed by atoms with Gasteiger partial charge in [-0.05, 0) is 12.1 Å². The Balaban J connectivity index is 2.39. The SMILES string of the molecule is COc1cc2c(-n3cccn3)ncnc2c(OC)c1OC. The highest BCUT2D eigenvalue weighted by Crippen LogP contribution is 2.43. The highest BCUT2D eigenvalue weighted by molar-refractivity contribution is 5.94. The van der Waals surface area contributed by atoms with Crippen LogP contribution in [0.3, 0.4) is 0 Å². The molecule has 0 aliphatic rings. The molecule has 0 aliphatic carbocycles. The number of fused-ring (bicyclic) bond motifs is 1. The first kappa shape index (κ1) is 13.2. The van der Waals surface area contributed by atoms with Gasteiger partial charge in [0.25, 0.3) is 0 Å².